The molecule has 1 heterocycles. The lowest BCUT2D eigenvalue weighted by atomic mass is 9.83. The second kappa shape index (κ2) is 16.8. The predicted molar refractivity (Wildman–Crippen MR) is 166 cm³/mol. The van der Waals surface area contributed by atoms with Crippen LogP contribution in [-0.4, -0.2) is 18.8 Å². The van der Waals surface area contributed by atoms with Crippen LogP contribution in [0.1, 0.15) is 147 Å². The average Bonchev–Trinajstić information content (AvgIpc) is 2.86. The molecule has 2 unspecified atom stereocenters. The minimum Gasteiger partial charge on any atom is -0.493 e. The van der Waals surface area contributed by atoms with Gasteiger partial charge in [0.05, 0.1) is 6.61 Å². The van der Waals surface area contributed by atoms with Gasteiger partial charge >= 0.3 is 0 Å². The summed E-state index contributed by atoms with van der Waals surface area (Å²) in [5.41, 5.74) is 10.8. The Hall–Kier alpha value is -1.22. The van der Waals surface area contributed by atoms with Gasteiger partial charge in [-0.05, 0) is 107 Å². The van der Waals surface area contributed by atoms with E-state index in [0.717, 1.165) is 74.5 Å². The Morgan fingerprint density at radius 3 is 2.00 bits per heavy atom. The zero-order chi connectivity index (χ0) is 28.1. The third-order valence-electron chi connectivity index (χ3n) is 9.18. The fourth-order valence-corrected chi connectivity index (χ4v) is 6.25. The van der Waals surface area contributed by atoms with E-state index in [1.165, 1.54) is 86.5 Å². The number of hydrogen-bond acceptors (Lipinski definition) is 3. The maximum absolute atomic E-state index is 6.82. The molecule has 1 aromatic rings. The van der Waals surface area contributed by atoms with Crippen molar-refractivity contribution in [2.24, 2.45) is 23.5 Å². The van der Waals surface area contributed by atoms with Gasteiger partial charge in [0.2, 0.25) is 0 Å². The van der Waals surface area contributed by atoms with Crippen LogP contribution in [-0.2, 0) is 6.42 Å². The first-order valence-electron chi connectivity index (χ1n) is 16.2. The molecule has 1 aliphatic rings. The van der Waals surface area contributed by atoms with Crippen LogP contribution in [0.25, 0.3) is 0 Å². The summed E-state index contributed by atoms with van der Waals surface area (Å²) in [5, 5.41) is 0. The topological polar surface area (TPSA) is 44.5 Å². The zero-order valence-electron chi connectivity index (χ0n) is 26.6. The fraction of sp³-hybridized carbons (Fsp3) is 0.829. The quantitative estimate of drug-likeness (QED) is 0.181. The number of benzene rings is 1. The Kier molecular flexibility index (Phi) is 14.6. The Morgan fingerprint density at radius 1 is 0.763 bits per heavy atom. The third-order valence-corrected chi connectivity index (χ3v) is 9.18. The highest BCUT2D eigenvalue weighted by molar-refractivity contribution is 5.59. The summed E-state index contributed by atoms with van der Waals surface area (Å²) < 4.78 is 13.1. The van der Waals surface area contributed by atoms with Crippen molar-refractivity contribution in [3.63, 3.8) is 0 Å². The van der Waals surface area contributed by atoms with E-state index in [-0.39, 0.29) is 5.60 Å². The van der Waals surface area contributed by atoms with Gasteiger partial charge in [0, 0.05) is 5.56 Å². The predicted octanol–water partition coefficient (Wildman–Crippen LogP) is 10.0. The van der Waals surface area contributed by atoms with Crippen molar-refractivity contribution in [2.45, 2.75) is 157 Å². The van der Waals surface area contributed by atoms with Crippen LogP contribution in [0.2, 0.25) is 0 Å². The van der Waals surface area contributed by atoms with Gasteiger partial charge in [-0.2, -0.15) is 0 Å². The molecular formula is C35H63NO2. The molecule has 38 heavy (non-hydrogen) atoms. The Balaban J connectivity index is 1.80. The van der Waals surface area contributed by atoms with Gasteiger partial charge in [0.15, 0.2) is 0 Å². The first-order valence-corrected chi connectivity index (χ1v) is 16.2. The first kappa shape index (κ1) is 33.0. The second-order valence-electron chi connectivity index (χ2n) is 13.5. The Bertz CT molecular complexity index is 817. The highest BCUT2D eigenvalue weighted by Gasteiger charge is 2.34. The number of unbranched alkanes of at least 4 members (excludes halogenated alkanes) is 3. The number of nitrogens with two attached hydrogens (primary N) is 1. The Labute approximate surface area is 237 Å². The first-order chi connectivity index (χ1) is 18.1. The zero-order valence-corrected chi connectivity index (χ0v) is 26.6. The third kappa shape index (κ3) is 10.7. The lowest BCUT2D eigenvalue weighted by Crippen LogP contribution is -2.37. The number of ether oxygens (including phenoxy) is 2. The van der Waals surface area contributed by atoms with E-state index in [2.05, 4.69) is 55.4 Å². The highest BCUT2D eigenvalue weighted by Crippen LogP contribution is 2.45. The van der Waals surface area contributed by atoms with Crippen molar-refractivity contribution in [3.05, 3.63) is 22.3 Å². The molecule has 0 radical (unpaired) electrons. The summed E-state index contributed by atoms with van der Waals surface area (Å²) in [6.45, 7) is 20.2. The SMILES string of the molecule is Cc1c(C)c2c(c(C)c1OCCCCCCN)CC[C@@](C)(CCCC(C)CCCC(C)CCCC(C)C)O2. The van der Waals surface area contributed by atoms with Crippen LogP contribution in [0.15, 0.2) is 0 Å². The highest BCUT2D eigenvalue weighted by atomic mass is 16.5. The minimum atomic E-state index is -0.0490. The second-order valence-corrected chi connectivity index (χ2v) is 13.5. The van der Waals surface area contributed by atoms with E-state index in [4.69, 9.17) is 15.2 Å². The van der Waals surface area contributed by atoms with Gasteiger partial charge in [-0.25, -0.2) is 0 Å². The van der Waals surface area contributed by atoms with Crippen molar-refractivity contribution >= 4 is 0 Å². The lowest BCUT2D eigenvalue weighted by Gasteiger charge is -2.38. The van der Waals surface area contributed by atoms with Gasteiger partial charge in [0.1, 0.15) is 17.1 Å². The van der Waals surface area contributed by atoms with Crippen molar-refractivity contribution in [2.75, 3.05) is 13.2 Å². The molecule has 0 aromatic heterocycles. The summed E-state index contributed by atoms with van der Waals surface area (Å²) in [6.07, 6.45) is 18.9. The maximum atomic E-state index is 6.82. The van der Waals surface area contributed by atoms with E-state index in [9.17, 15) is 0 Å². The summed E-state index contributed by atoms with van der Waals surface area (Å²) in [6, 6.07) is 0. The maximum Gasteiger partial charge on any atom is 0.127 e. The van der Waals surface area contributed by atoms with Gasteiger partial charge < -0.3 is 15.2 Å². The molecule has 0 saturated carbocycles. The summed E-state index contributed by atoms with van der Waals surface area (Å²) in [5.74, 6) is 4.79. The average molecular weight is 530 g/mol. The molecule has 220 valence electrons. The van der Waals surface area contributed by atoms with Crippen molar-refractivity contribution < 1.29 is 9.47 Å². The van der Waals surface area contributed by atoms with Gasteiger partial charge in [-0.1, -0.05) is 85.5 Å². The summed E-state index contributed by atoms with van der Waals surface area (Å²) in [4.78, 5) is 0. The number of fused-ring (bicyclic) bond motifs is 1. The standard InChI is InChI=1S/C35H63NO2/c1-26(2)16-13-17-27(3)18-14-19-28(4)20-15-22-35(8)23-21-32-31(7)33(29(5)30(6)34(32)38-35)37-25-12-10-9-11-24-36/h26-28H,9-25,36H2,1-8H3/t27?,28?,35-/m1/s1. The molecule has 0 spiro atoms. The molecule has 0 bridgehead atoms. The van der Waals surface area contributed by atoms with Crippen LogP contribution in [0.3, 0.4) is 0 Å². The monoisotopic (exact) mass is 529 g/mol. The molecule has 0 fully saturated rings. The van der Waals surface area contributed by atoms with Crippen LogP contribution in [0.4, 0.5) is 0 Å². The van der Waals surface area contributed by atoms with Gasteiger partial charge in [0.25, 0.3) is 0 Å². The number of rotatable bonds is 19. The van der Waals surface area contributed by atoms with Crippen LogP contribution in [0.5, 0.6) is 11.5 Å². The minimum absolute atomic E-state index is 0.0490. The van der Waals surface area contributed by atoms with Crippen LogP contribution in [0, 0.1) is 38.5 Å². The summed E-state index contributed by atoms with van der Waals surface area (Å²) >= 11 is 0. The van der Waals surface area contributed by atoms with E-state index < -0.39 is 0 Å². The van der Waals surface area contributed by atoms with Gasteiger partial charge in [-0.3, -0.25) is 0 Å². The molecule has 0 saturated heterocycles. The van der Waals surface area contributed by atoms with Crippen LogP contribution < -0.4 is 15.2 Å². The lowest BCUT2D eigenvalue weighted by molar-refractivity contribution is 0.0511. The molecule has 2 rings (SSSR count). The molecule has 0 aliphatic carbocycles. The molecule has 3 atom stereocenters. The van der Waals surface area contributed by atoms with Crippen molar-refractivity contribution in [1.29, 1.82) is 0 Å². The smallest absolute Gasteiger partial charge is 0.127 e. The number of hydrogen-bond donors (Lipinski definition) is 1. The largest absolute Gasteiger partial charge is 0.493 e. The van der Waals surface area contributed by atoms with Gasteiger partial charge in [-0.15, -0.1) is 0 Å². The van der Waals surface area contributed by atoms with E-state index in [1.54, 1.807) is 0 Å². The molecular weight excluding hydrogens is 466 g/mol. The fourth-order valence-electron chi connectivity index (χ4n) is 6.25. The summed E-state index contributed by atoms with van der Waals surface area (Å²) in [7, 11) is 0. The molecule has 2 N–H and O–H groups in total. The van der Waals surface area contributed by atoms with Crippen molar-refractivity contribution in [1.82, 2.24) is 0 Å². The normalized spacial score (nSPS) is 18.8. The molecule has 1 aliphatic heterocycles. The molecule has 0 amide bonds. The van der Waals surface area contributed by atoms with E-state index in [1.807, 2.05) is 0 Å². The molecule has 3 nitrogen and oxygen atoms in total. The Morgan fingerprint density at radius 2 is 1.37 bits per heavy atom. The molecule has 1 aromatic carbocycles. The van der Waals surface area contributed by atoms with Crippen molar-refractivity contribution in [3.8, 4) is 11.5 Å². The molecule has 3 heteroatoms. The van der Waals surface area contributed by atoms with Crippen LogP contribution >= 0.6 is 0 Å². The van der Waals surface area contributed by atoms with E-state index in [0.29, 0.717) is 0 Å². The van der Waals surface area contributed by atoms with E-state index >= 15 is 0 Å².